The fraction of sp³-hybridized carbons (Fsp3) is 0.750. The molecule has 0 aliphatic heterocycles. The number of hydrogen-bond acceptors (Lipinski definition) is 1. The molecule has 0 rings (SSSR count). The van der Waals surface area contributed by atoms with Crippen LogP contribution >= 0.6 is 11.6 Å². The molecule has 0 fully saturated rings. The molecule has 3 heteroatoms. The number of alkyl halides is 1. The molecule has 0 aliphatic carbocycles. The zero-order chi connectivity index (χ0) is 5.70. The summed E-state index contributed by atoms with van der Waals surface area (Å²) < 4.78 is 0. The summed E-state index contributed by atoms with van der Waals surface area (Å²) in [5.41, 5.74) is -0.252. The highest BCUT2D eigenvalue weighted by Gasteiger charge is 1.93. The highest BCUT2D eigenvalue weighted by atomic mass is 35.5. The van der Waals surface area contributed by atoms with Crippen LogP contribution in [-0.2, 0) is 4.79 Å². The first kappa shape index (κ1) is 6.76. The summed E-state index contributed by atoms with van der Waals surface area (Å²) >= 11 is 5.39. The first-order valence-electron chi connectivity index (χ1n) is 2.08. The predicted octanol–water partition coefficient (Wildman–Crippen LogP) is 0.618. The van der Waals surface area contributed by atoms with Crippen LogP contribution in [0.2, 0.25) is 0 Å². The van der Waals surface area contributed by atoms with Crippen LogP contribution in [0, 0.1) is 0 Å². The summed E-state index contributed by atoms with van der Waals surface area (Å²) in [7, 11) is 0. The Morgan fingerprint density at radius 1 is 2.00 bits per heavy atom. The Balaban J connectivity index is 2.98. The zero-order valence-corrected chi connectivity index (χ0v) is 4.83. The Morgan fingerprint density at radius 2 is 2.57 bits per heavy atom. The van der Waals surface area contributed by atoms with Crippen molar-refractivity contribution in [3.05, 3.63) is 0 Å². The molecular formula is C4H7ClNO. The van der Waals surface area contributed by atoms with Crippen LogP contribution < -0.4 is 5.32 Å². The molecule has 1 amide bonds. The number of carbonyl (C=O) groups excluding carboxylic acids is 1. The SMILES string of the molecule is CCC(Cl)N[C]=O. The lowest BCUT2D eigenvalue weighted by atomic mass is 10.5. The van der Waals surface area contributed by atoms with Crippen molar-refractivity contribution in [3.8, 4) is 0 Å². The van der Waals surface area contributed by atoms with Gasteiger partial charge in [0.1, 0.15) is 5.50 Å². The number of halogens is 1. The maximum absolute atomic E-state index is 9.45. The zero-order valence-electron chi connectivity index (χ0n) is 4.07. The van der Waals surface area contributed by atoms with E-state index in [0.717, 1.165) is 6.42 Å². The third kappa shape index (κ3) is 3.59. The van der Waals surface area contributed by atoms with Crippen LogP contribution in [0.1, 0.15) is 13.3 Å². The van der Waals surface area contributed by atoms with Gasteiger partial charge in [-0.05, 0) is 6.42 Å². The van der Waals surface area contributed by atoms with Crippen molar-refractivity contribution in [1.29, 1.82) is 0 Å². The molecule has 7 heavy (non-hydrogen) atoms. The summed E-state index contributed by atoms with van der Waals surface area (Å²) in [5.74, 6) is 0. The Hall–Kier alpha value is -0.240. The molecule has 0 saturated heterocycles. The van der Waals surface area contributed by atoms with Gasteiger partial charge in [0.25, 0.3) is 0 Å². The van der Waals surface area contributed by atoms with E-state index in [-0.39, 0.29) is 5.50 Å². The van der Waals surface area contributed by atoms with Crippen LogP contribution in [0.4, 0.5) is 0 Å². The minimum Gasteiger partial charge on any atom is -0.332 e. The summed E-state index contributed by atoms with van der Waals surface area (Å²) in [6.07, 6.45) is 2.22. The lowest BCUT2D eigenvalue weighted by molar-refractivity contribution is 0.537. The molecule has 0 saturated carbocycles. The Labute approximate surface area is 47.8 Å². The van der Waals surface area contributed by atoms with Gasteiger partial charge in [0.15, 0.2) is 0 Å². The highest BCUT2D eigenvalue weighted by molar-refractivity contribution is 6.20. The van der Waals surface area contributed by atoms with E-state index in [1.54, 1.807) is 0 Å². The third-order valence-electron chi connectivity index (χ3n) is 0.574. The first-order chi connectivity index (χ1) is 3.31. The second-order valence-corrected chi connectivity index (χ2v) is 1.65. The normalized spacial score (nSPS) is 12.9. The first-order valence-corrected chi connectivity index (χ1v) is 2.51. The van der Waals surface area contributed by atoms with Gasteiger partial charge in [-0.15, -0.1) is 0 Å². The van der Waals surface area contributed by atoms with Gasteiger partial charge in [0.05, 0.1) is 0 Å². The molecule has 1 unspecified atom stereocenters. The van der Waals surface area contributed by atoms with Gasteiger partial charge in [-0.1, -0.05) is 18.5 Å². The Bertz CT molecular complexity index is 57.7. The number of nitrogens with one attached hydrogen (secondary N) is 1. The largest absolute Gasteiger partial charge is 0.332 e. The maximum atomic E-state index is 9.45. The second-order valence-electron chi connectivity index (χ2n) is 1.12. The van der Waals surface area contributed by atoms with Crippen molar-refractivity contribution in [1.82, 2.24) is 5.32 Å². The third-order valence-corrected chi connectivity index (χ3v) is 0.992. The number of rotatable bonds is 3. The van der Waals surface area contributed by atoms with Crippen LogP contribution in [0.5, 0.6) is 0 Å². The highest BCUT2D eigenvalue weighted by Crippen LogP contribution is 1.92. The molecule has 0 aromatic heterocycles. The molecule has 0 aromatic carbocycles. The number of amides is 1. The van der Waals surface area contributed by atoms with Crippen molar-refractivity contribution in [2.45, 2.75) is 18.8 Å². The monoisotopic (exact) mass is 120 g/mol. The predicted molar refractivity (Wildman–Crippen MR) is 28.8 cm³/mol. The molecule has 1 atom stereocenters. The van der Waals surface area contributed by atoms with Crippen molar-refractivity contribution in [2.75, 3.05) is 0 Å². The van der Waals surface area contributed by atoms with Crippen LogP contribution in [0.25, 0.3) is 0 Å². The fourth-order valence-corrected chi connectivity index (χ4v) is 0.211. The smallest absolute Gasteiger partial charge is 0.310 e. The molecule has 0 heterocycles. The van der Waals surface area contributed by atoms with E-state index in [4.69, 9.17) is 11.6 Å². The minimum absolute atomic E-state index is 0.252. The fourth-order valence-electron chi connectivity index (χ4n) is 0.166. The molecule has 0 aliphatic rings. The topological polar surface area (TPSA) is 29.1 Å². The molecule has 41 valence electrons. The van der Waals surface area contributed by atoms with Crippen LogP contribution in [0.3, 0.4) is 0 Å². The van der Waals surface area contributed by atoms with Crippen molar-refractivity contribution in [2.24, 2.45) is 0 Å². The van der Waals surface area contributed by atoms with E-state index in [2.05, 4.69) is 5.32 Å². The van der Waals surface area contributed by atoms with Gasteiger partial charge in [-0.25, -0.2) is 0 Å². The van der Waals surface area contributed by atoms with Gasteiger partial charge in [0.2, 0.25) is 0 Å². The van der Waals surface area contributed by atoms with E-state index >= 15 is 0 Å². The van der Waals surface area contributed by atoms with E-state index in [1.165, 1.54) is 6.41 Å². The Morgan fingerprint density at radius 3 is 2.71 bits per heavy atom. The standard InChI is InChI=1S/C4H7ClNO/c1-2-4(5)6-3-7/h4H,2H2,1H3,(H,6,7). The van der Waals surface area contributed by atoms with Gasteiger partial charge in [-0.2, -0.15) is 0 Å². The average Bonchev–Trinajstić information content (AvgIpc) is 1.68. The molecule has 0 bridgehead atoms. The number of hydrogen-bond donors (Lipinski definition) is 1. The molecule has 2 nitrogen and oxygen atoms in total. The summed E-state index contributed by atoms with van der Waals surface area (Å²) in [6.45, 7) is 1.88. The minimum atomic E-state index is -0.252. The van der Waals surface area contributed by atoms with E-state index in [1.807, 2.05) is 6.92 Å². The lowest BCUT2D eigenvalue weighted by Crippen LogP contribution is -2.20. The van der Waals surface area contributed by atoms with Crippen molar-refractivity contribution >= 4 is 18.0 Å². The van der Waals surface area contributed by atoms with Crippen molar-refractivity contribution < 1.29 is 4.79 Å². The summed E-state index contributed by atoms with van der Waals surface area (Å²) in [6, 6.07) is 0. The van der Waals surface area contributed by atoms with E-state index in [0.29, 0.717) is 0 Å². The van der Waals surface area contributed by atoms with E-state index in [9.17, 15) is 4.79 Å². The molecular weight excluding hydrogens is 114 g/mol. The Kier molecular flexibility index (Phi) is 3.80. The average molecular weight is 121 g/mol. The summed E-state index contributed by atoms with van der Waals surface area (Å²) in [5, 5.41) is 2.26. The van der Waals surface area contributed by atoms with Crippen LogP contribution in [-0.4, -0.2) is 11.9 Å². The van der Waals surface area contributed by atoms with Crippen LogP contribution in [0.15, 0.2) is 0 Å². The van der Waals surface area contributed by atoms with Gasteiger partial charge in [-0.3, -0.25) is 4.79 Å². The quantitative estimate of drug-likeness (QED) is 0.330. The summed E-state index contributed by atoms with van der Waals surface area (Å²) in [4.78, 5) is 9.45. The molecule has 0 aromatic rings. The lowest BCUT2D eigenvalue weighted by Gasteiger charge is -1.98. The second kappa shape index (κ2) is 3.93. The molecule has 1 N–H and O–H groups in total. The van der Waals surface area contributed by atoms with Gasteiger partial charge in [0, 0.05) is 0 Å². The van der Waals surface area contributed by atoms with Gasteiger partial charge >= 0.3 is 6.41 Å². The van der Waals surface area contributed by atoms with Crippen molar-refractivity contribution in [3.63, 3.8) is 0 Å². The van der Waals surface area contributed by atoms with Gasteiger partial charge < -0.3 is 5.32 Å². The molecule has 0 spiro atoms. The molecule has 1 radical (unpaired) electrons. The maximum Gasteiger partial charge on any atom is 0.310 e. The van der Waals surface area contributed by atoms with E-state index < -0.39 is 0 Å².